The largest absolute Gasteiger partial charge is 0.378 e. The monoisotopic (exact) mass is 505 g/mol. The van der Waals surface area contributed by atoms with E-state index < -0.39 is 21.5 Å². The van der Waals surface area contributed by atoms with Crippen LogP contribution < -0.4 is 20.5 Å². The van der Waals surface area contributed by atoms with E-state index in [1.807, 2.05) is 37.2 Å². The summed E-state index contributed by atoms with van der Waals surface area (Å²) < 4.78 is 31.8. The van der Waals surface area contributed by atoms with E-state index in [1.165, 1.54) is 28.9 Å². The predicted molar refractivity (Wildman–Crippen MR) is 142 cm³/mol. The van der Waals surface area contributed by atoms with Crippen molar-refractivity contribution < 1.29 is 13.2 Å². The molecule has 10 heteroatoms. The highest BCUT2D eigenvalue weighted by Crippen LogP contribution is 2.21. The molecule has 2 N–H and O–H groups in total. The molecule has 0 saturated heterocycles. The highest BCUT2D eigenvalue weighted by molar-refractivity contribution is 7.92. The van der Waals surface area contributed by atoms with Gasteiger partial charge in [0, 0.05) is 38.1 Å². The average molecular weight is 506 g/mol. The van der Waals surface area contributed by atoms with Crippen LogP contribution in [0.2, 0.25) is 0 Å². The summed E-state index contributed by atoms with van der Waals surface area (Å²) in [6, 6.07) is 21.9. The Morgan fingerprint density at radius 3 is 2.22 bits per heavy atom. The van der Waals surface area contributed by atoms with Crippen molar-refractivity contribution >= 4 is 33.0 Å². The molecule has 0 spiro atoms. The van der Waals surface area contributed by atoms with Gasteiger partial charge in [-0.3, -0.25) is 19.0 Å². The molecule has 1 amide bonds. The zero-order valence-corrected chi connectivity index (χ0v) is 21.2. The lowest BCUT2D eigenvalue weighted by Crippen LogP contribution is -2.23. The third-order valence-corrected chi connectivity index (χ3v) is 7.19. The van der Waals surface area contributed by atoms with E-state index in [4.69, 9.17) is 0 Å². The highest BCUT2D eigenvalue weighted by atomic mass is 32.2. The Hall–Kier alpha value is -4.31. The van der Waals surface area contributed by atoms with Crippen LogP contribution in [0.3, 0.4) is 0 Å². The Kier molecular flexibility index (Phi) is 6.71. The van der Waals surface area contributed by atoms with Crippen molar-refractivity contribution in [2.24, 2.45) is 7.05 Å². The molecule has 1 aromatic heterocycles. The molecule has 4 aromatic rings. The van der Waals surface area contributed by atoms with Gasteiger partial charge < -0.3 is 10.2 Å². The number of aromatic nitrogens is 2. The molecule has 0 aliphatic rings. The molecule has 0 bridgehead atoms. The number of hydrogen-bond acceptors (Lipinski definition) is 5. The van der Waals surface area contributed by atoms with Crippen molar-refractivity contribution in [3.8, 4) is 5.69 Å². The number of rotatable bonds is 7. The van der Waals surface area contributed by atoms with Crippen molar-refractivity contribution in [3.63, 3.8) is 0 Å². The van der Waals surface area contributed by atoms with Gasteiger partial charge in [-0.25, -0.2) is 13.1 Å². The van der Waals surface area contributed by atoms with Crippen molar-refractivity contribution in [1.82, 2.24) is 9.36 Å². The highest BCUT2D eigenvalue weighted by Gasteiger charge is 2.23. The lowest BCUT2D eigenvalue weighted by atomic mass is 10.2. The van der Waals surface area contributed by atoms with Crippen LogP contribution in [0.25, 0.3) is 5.69 Å². The first-order valence-electron chi connectivity index (χ1n) is 11.1. The molecule has 9 nitrogen and oxygen atoms in total. The summed E-state index contributed by atoms with van der Waals surface area (Å²) in [6.07, 6.45) is 0. The molecular weight excluding hydrogens is 478 g/mol. The fraction of sp³-hybridized carbons (Fsp3) is 0.154. The van der Waals surface area contributed by atoms with E-state index in [1.54, 1.807) is 55.1 Å². The summed E-state index contributed by atoms with van der Waals surface area (Å²) in [5, 5.41) is 2.77. The first-order valence-corrected chi connectivity index (χ1v) is 12.6. The second-order valence-corrected chi connectivity index (χ2v) is 10.1. The third-order valence-electron chi connectivity index (χ3n) is 5.84. The van der Waals surface area contributed by atoms with Gasteiger partial charge >= 0.3 is 0 Å². The number of nitrogens with zero attached hydrogens (tertiary/aromatic N) is 3. The summed E-state index contributed by atoms with van der Waals surface area (Å²) in [5.74, 6) is -0.452. The van der Waals surface area contributed by atoms with Crippen molar-refractivity contribution in [3.05, 3.63) is 100 Å². The Morgan fingerprint density at radius 1 is 0.917 bits per heavy atom. The maximum atomic E-state index is 13.2. The fourth-order valence-electron chi connectivity index (χ4n) is 3.73. The van der Waals surface area contributed by atoms with Crippen LogP contribution >= 0.6 is 0 Å². The van der Waals surface area contributed by atoms with Gasteiger partial charge in [-0.05, 0) is 61.5 Å². The van der Waals surface area contributed by atoms with Crippen LogP contribution in [0.5, 0.6) is 0 Å². The number of benzene rings is 3. The van der Waals surface area contributed by atoms with Crippen LogP contribution in [-0.4, -0.2) is 37.8 Å². The standard InChI is InChI=1S/C26H27N5O4S/c1-18-24(26(33)31(30(18)4)22-10-6-5-7-11-22)28-36(34,35)23-12-8-9-19(17-23)25(32)27-20-13-15-21(16-14-20)29(2)3/h5-17,28H,1-4H3,(H,27,32). The Labute approximate surface area is 209 Å². The molecule has 0 fully saturated rings. The fourth-order valence-corrected chi connectivity index (χ4v) is 4.89. The van der Waals surface area contributed by atoms with Crippen LogP contribution in [0, 0.1) is 6.92 Å². The maximum Gasteiger partial charge on any atom is 0.296 e. The van der Waals surface area contributed by atoms with E-state index >= 15 is 0 Å². The Bertz CT molecular complexity index is 1570. The quantitative estimate of drug-likeness (QED) is 0.399. The van der Waals surface area contributed by atoms with E-state index in [-0.39, 0.29) is 16.1 Å². The lowest BCUT2D eigenvalue weighted by molar-refractivity contribution is 0.102. The summed E-state index contributed by atoms with van der Waals surface area (Å²) in [7, 11) is 1.36. The molecule has 36 heavy (non-hydrogen) atoms. The summed E-state index contributed by atoms with van der Waals surface area (Å²) >= 11 is 0. The molecule has 0 aliphatic carbocycles. The van der Waals surface area contributed by atoms with Gasteiger partial charge in [-0.2, -0.15) is 0 Å². The lowest BCUT2D eigenvalue weighted by Gasteiger charge is -2.13. The van der Waals surface area contributed by atoms with E-state index in [0.29, 0.717) is 17.1 Å². The minimum atomic E-state index is -4.15. The first kappa shape index (κ1) is 24.8. The molecule has 0 aliphatic heterocycles. The van der Waals surface area contributed by atoms with Gasteiger partial charge in [-0.1, -0.05) is 24.3 Å². The molecule has 3 aromatic carbocycles. The summed E-state index contributed by atoms with van der Waals surface area (Å²) in [6.45, 7) is 1.66. The molecule has 186 valence electrons. The summed E-state index contributed by atoms with van der Waals surface area (Å²) in [4.78, 5) is 27.7. The average Bonchev–Trinajstić information content (AvgIpc) is 3.07. The predicted octanol–water partition coefficient (Wildman–Crippen LogP) is 3.60. The Morgan fingerprint density at radius 2 is 1.58 bits per heavy atom. The van der Waals surface area contributed by atoms with Gasteiger partial charge in [0.2, 0.25) is 0 Å². The second kappa shape index (κ2) is 9.74. The number of para-hydroxylation sites is 1. The molecular formula is C26H27N5O4S. The zero-order valence-electron chi connectivity index (χ0n) is 20.4. The SMILES string of the molecule is Cc1c(NS(=O)(=O)c2cccc(C(=O)Nc3ccc(N(C)C)cc3)c2)c(=O)n(-c2ccccc2)n1C. The van der Waals surface area contributed by atoms with Gasteiger partial charge in [0.25, 0.3) is 21.5 Å². The van der Waals surface area contributed by atoms with Crippen molar-refractivity contribution in [2.75, 3.05) is 29.0 Å². The maximum absolute atomic E-state index is 13.2. The molecule has 0 radical (unpaired) electrons. The smallest absolute Gasteiger partial charge is 0.296 e. The first-order chi connectivity index (χ1) is 17.1. The topological polar surface area (TPSA) is 105 Å². The molecule has 4 rings (SSSR count). The van der Waals surface area contributed by atoms with Gasteiger partial charge in [0.05, 0.1) is 16.3 Å². The van der Waals surface area contributed by atoms with Crippen LogP contribution in [0.15, 0.2) is 88.6 Å². The number of sulfonamides is 1. The number of amides is 1. The second-order valence-electron chi connectivity index (χ2n) is 8.47. The van der Waals surface area contributed by atoms with E-state index in [9.17, 15) is 18.0 Å². The van der Waals surface area contributed by atoms with Gasteiger partial charge in [0.15, 0.2) is 0 Å². The molecule has 0 atom stereocenters. The minimum absolute atomic E-state index is 0.0582. The summed E-state index contributed by atoms with van der Waals surface area (Å²) in [5.41, 5.74) is 2.23. The minimum Gasteiger partial charge on any atom is -0.378 e. The van der Waals surface area contributed by atoms with Crippen LogP contribution in [0.1, 0.15) is 16.1 Å². The number of nitrogens with one attached hydrogen (secondary N) is 2. The molecule has 0 saturated carbocycles. The zero-order chi connectivity index (χ0) is 26.0. The van der Waals surface area contributed by atoms with Crippen LogP contribution in [0.4, 0.5) is 17.1 Å². The van der Waals surface area contributed by atoms with Gasteiger partial charge in [-0.15, -0.1) is 0 Å². The number of carbonyl (C=O) groups excluding carboxylic acids is 1. The van der Waals surface area contributed by atoms with Crippen molar-refractivity contribution in [1.29, 1.82) is 0 Å². The van der Waals surface area contributed by atoms with Crippen molar-refractivity contribution in [2.45, 2.75) is 11.8 Å². The number of anilines is 3. The number of carbonyl (C=O) groups is 1. The number of hydrogen-bond donors (Lipinski definition) is 2. The molecule has 0 unspecified atom stereocenters. The van der Waals surface area contributed by atoms with Crippen LogP contribution in [-0.2, 0) is 17.1 Å². The van der Waals surface area contributed by atoms with E-state index in [2.05, 4.69) is 10.0 Å². The normalized spacial score (nSPS) is 11.2. The molecule has 1 heterocycles. The van der Waals surface area contributed by atoms with Gasteiger partial charge in [0.1, 0.15) is 5.69 Å². The third kappa shape index (κ3) is 4.89. The van der Waals surface area contributed by atoms with E-state index in [0.717, 1.165) is 5.69 Å². The Balaban J connectivity index is 1.60.